The van der Waals surface area contributed by atoms with E-state index in [-0.39, 0.29) is 0 Å². The normalized spacial score (nSPS) is 25.5. The number of hydrogen-bond acceptors (Lipinski definition) is 2. The topological polar surface area (TPSA) is 12.5 Å². The number of nitrogens with zero attached hydrogens (tertiary/aromatic N) is 1. The van der Waals surface area contributed by atoms with E-state index >= 15 is 0 Å². The second-order valence-electron chi connectivity index (χ2n) is 7.26. The van der Waals surface area contributed by atoms with Crippen molar-refractivity contribution in [3.63, 3.8) is 0 Å². The average Bonchev–Trinajstić information content (AvgIpc) is 2.80. The Balaban J connectivity index is 1.65. The van der Waals surface area contributed by atoms with Gasteiger partial charge in [-0.2, -0.15) is 0 Å². The molecular formula is C14H27NO. The van der Waals surface area contributed by atoms with E-state index in [2.05, 4.69) is 25.7 Å². The SMILES string of the molecule is COCC1(CN2CC(CC(C)(C)C)C2)CC1. The molecule has 1 aliphatic carbocycles. The fraction of sp³-hybridized carbons (Fsp3) is 1.00. The molecule has 0 N–H and O–H groups in total. The van der Waals surface area contributed by atoms with Gasteiger partial charge in [-0.1, -0.05) is 20.8 Å². The van der Waals surface area contributed by atoms with Crippen LogP contribution < -0.4 is 0 Å². The van der Waals surface area contributed by atoms with Crippen LogP contribution in [0.5, 0.6) is 0 Å². The first kappa shape index (κ1) is 12.4. The Morgan fingerprint density at radius 3 is 2.31 bits per heavy atom. The predicted octanol–water partition coefficient (Wildman–Crippen LogP) is 2.78. The molecule has 2 nitrogen and oxygen atoms in total. The maximum atomic E-state index is 5.32. The molecular weight excluding hydrogens is 198 g/mol. The van der Waals surface area contributed by atoms with Crippen LogP contribution in [0.15, 0.2) is 0 Å². The molecule has 0 radical (unpaired) electrons. The van der Waals surface area contributed by atoms with Crippen LogP contribution in [0.4, 0.5) is 0 Å². The highest BCUT2D eigenvalue weighted by Gasteiger charge is 2.46. The molecule has 0 spiro atoms. The van der Waals surface area contributed by atoms with Crippen LogP contribution in [0.2, 0.25) is 0 Å². The van der Waals surface area contributed by atoms with E-state index in [1.807, 2.05) is 7.11 Å². The summed E-state index contributed by atoms with van der Waals surface area (Å²) in [5.41, 5.74) is 1.04. The lowest BCUT2D eigenvalue weighted by molar-refractivity contribution is 0.0302. The maximum Gasteiger partial charge on any atom is 0.0530 e. The molecule has 1 saturated heterocycles. The molecule has 0 aromatic carbocycles. The van der Waals surface area contributed by atoms with Crippen LogP contribution in [0.3, 0.4) is 0 Å². The van der Waals surface area contributed by atoms with Crippen LogP contribution in [0, 0.1) is 16.7 Å². The van der Waals surface area contributed by atoms with E-state index in [4.69, 9.17) is 4.74 Å². The van der Waals surface area contributed by atoms with E-state index in [1.54, 1.807) is 0 Å². The van der Waals surface area contributed by atoms with Gasteiger partial charge in [0.05, 0.1) is 6.61 Å². The van der Waals surface area contributed by atoms with Crippen LogP contribution in [-0.4, -0.2) is 38.3 Å². The van der Waals surface area contributed by atoms with Crippen molar-refractivity contribution in [2.75, 3.05) is 33.4 Å². The summed E-state index contributed by atoms with van der Waals surface area (Å²) in [4.78, 5) is 2.63. The van der Waals surface area contributed by atoms with Gasteiger partial charge in [0, 0.05) is 32.2 Å². The van der Waals surface area contributed by atoms with Gasteiger partial charge in [0.15, 0.2) is 0 Å². The molecule has 94 valence electrons. The Morgan fingerprint density at radius 2 is 1.88 bits per heavy atom. The number of ether oxygens (including phenoxy) is 1. The van der Waals surface area contributed by atoms with E-state index in [0.29, 0.717) is 10.8 Å². The van der Waals surface area contributed by atoms with Crippen LogP contribution in [-0.2, 0) is 4.74 Å². The molecule has 0 bridgehead atoms. The van der Waals surface area contributed by atoms with Crippen LogP contribution in [0.1, 0.15) is 40.0 Å². The molecule has 0 unspecified atom stereocenters. The van der Waals surface area contributed by atoms with Crippen molar-refractivity contribution >= 4 is 0 Å². The van der Waals surface area contributed by atoms with Gasteiger partial charge in [-0.25, -0.2) is 0 Å². The molecule has 16 heavy (non-hydrogen) atoms. The molecule has 1 heterocycles. The lowest BCUT2D eigenvalue weighted by atomic mass is 9.81. The summed E-state index contributed by atoms with van der Waals surface area (Å²) in [5, 5.41) is 0. The highest BCUT2D eigenvalue weighted by Crippen LogP contribution is 2.47. The van der Waals surface area contributed by atoms with Crippen molar-refractivity contribution in [2.24, 2.45) is 16.7 Å². The molecule has 0 aromatic rings. The summed E-state index contributed by atoms with van der Waals surface area (Å²) in [6.07, 6.45) is 4.13. The number of methoxy groups -OCH3 is 1. The van der Waals surface area contributed by atoms with Crippen molar-refractivity contribution in [3.05, 3.63) is 0 Å². The van der Waals surface area contributed by atoms with Gasteiger partial charge < -0.3 is 9.64 Å². The van der Waals surface area contributed by atoms with Gasteiger partial charge in [-0.15, -0.1) is 0 Å². The zero-order valence-corrected chi connectivity index (χ0v) is 11.4. The van der Waals surface area contributed by atoms with Crippen molar-refractivity contribution in [2.45, 2.75) is 40.0 Å². The molecule has 2 heteroatoms. The summed E-state index contributed by atoms with van der Waals surface area (Å²) in [5.74, 6) is 0.943. The molecule has 2 aliphatic rings. The zero-order valence-electron chi connectivity index (χ0n) is 11.4. The monoisotopic (exact) mass is 225 g/mol. The number of hydrogen-bond donors (Lipinski definition) is 0. The Hall–Kier alpha value is -0.0800. The minimum Gasteiger partial charge on any atom is -0.384 e. The minimum atomic E-state index is 0.501. The van der Waals surface area contributed by atoms with E-state index in [0.717, 1.165) is 12.5 Å². The Morgan fingerprint density at radius 1 is 1.25 bits per heavy atom. The Kier molecular flexibility index (Phi) is 3.33. The third-order valence-corrected chi connectivity index (χ3v) is 3.90. The quantitative estimate of drug-likeness (QED) is 0.713. The predicted molar refractivity (Wildman–Crippen MR) is 67.5 cm³/mol. The van der Waals surface area contributed by atoms with Crippen molar-refractivity contribution in [1.82, 2.24) is 4.90 Å². The maximum absolute atomic E-state index is 5.32. The van der Waals surface area contributed by atoms with Crippen LogP contribution in [0.25, 0.3) is 0 Å². The van der Waals surface area contributed by atoms with E-state index in [1.165, 1.54) is 38.9 Å². The lowest BCUT2D eigenvalue weighted by Crippen LogP contribution is -2.50. The fourth-order valence-corrected chi connectivity index (χ4v) is 3.11. The third-order valence-electron chi connectivity index (χ3n) is 3.90. The largest absolute Gasteiger partial charge is 0.384 e. The molecule has 2 rings (SSSR count). The summed E-state index contributed by atoms with van der Waals surface area (Å²) in [6.45, 7) is 11.9. The van der Waals surface area contributed by atoms with Crippen LogP contribution >= 0.6 is 0 Å². The average molecular weight is 225 g/mol. The van der Waals surface area contributed by atoms with E-state index < -0.39 is 0 Å². The van der Waals surface area contributed by atoms with Gasteiger partial charge in [0.25, 0.3) is 0 Å². The lowest BCUT2D eigenvalue weighted by Gasteiger charge is -2.43. The molecule has 1 saturated carbocycles. The van der Waals surface area contributed by atoms with Crippen molar-refractivity contribution in [1.29, 1.82) is 0 Å². The number of rotatable bonds is 5. The zero-order chi connectivity index (χ0) is 11.8. The first-order valence-corrected chi connectivity index (χ1v) is 6.64. The summed E-state index contributed by atoms with van der Waals surface area (Å²) in [6, 6.07) is 0. The number of likely N-dealkylation sites (tertiary alicyclic amines) is 1. The minimum absolute atomic E-state index is 0.501. The molecule has 0 amide bonds. The summed E-state index contributed by atoms with van der Waals surface area (Å²) in [7, 11) is 1.83. The standard InChI is InChI=1S/C14H27NO/c1-13(2,3)7-12-8-15(9-12)10-14(5-6-14)11-16-4/h12H,5-11H2,1-4H3. The van der Waals surface area contributed by atoms with Gasteiger partial charge in [-0.3, -0.25) is 0 Å². The van der Waals surface area contributed by atoms with Gasteiger partial charge in [-0.05, 0) is 30.6 Å². The molecule has 2 fully saturated rings. The fourth-order valence-electron chi connectivity index (χ4n) is 3.11. The van der Waals surface area contributed by atoms with Crippen molar-refractivity contribution in [3.8, 4) is 0 Å². The second kappa shape index (κ2) is 4.30. The molecule has 1 aliphatic heterocycles. The van der Waals surface area contributed by atoms with Gasteiger partial charge in [0.2, 0.25) is 0 Å². The van der Waals surface area contributed by atoms with Crippen molar-refractivity contribution < 1.29 is 4.74 Å². The smallest absolute Gasteiger partial charge is 0.0530 e. The molecule has 0 atom stereocenters. The van der Waals surface area contributed by atoms with E-state index in [9.17, 15) is 0 Å². The second-order valence-corrected chi connectivity index (χ2v) is 7.26. The molecule has 0 aromatic heterocycles. The Labute approximate surface area is 100 Å². The highest BCUT2D eigenvalue weighted by molar-refractivity contribution is 4.98. The van der Waals surface area contributed by atoms with Gasteiger partial charge >= 0.3 is 0 Å². The Bertz CT molecular complexity index is 234. The first-order chi connectivity index (χ1) is 7.42. The summed E-state index contributed by atoms with van der Waals surface area (Å²) < 4.78 is 5.32. The first-order valence-electron chi connectivity index (χ1n) is 6.64. The van der Waals surface area contributed by atoms with Gasteiger partial charge in [0.1, 0.15) is 0 Å². The summed E-state index contributed by atoms with van der Waals surface area (Å²) >= 11 is 0. The third kappa shape index (κ3) is 3.21. The highest BCUT2D eigenvalue weighted by atomic mass is 16.5.